The Hall–Kier alpha value is -2.63. The van der Waals surface area contributed by atoms with E-state index >= 15 is 0 Å². The molecule has 0 spiro atoms. The molecular weight excluding hydrogens is 400 g/mol. The Kier molecular flexibility index (Phi) is 5.43. The highest BCUT2D eigenvalue weighted by Gasteiger charge is 2.44. The van der Waals surface area contributed by atoms with Gasteiger partial charge in [0, 0.05) is 13.1 Å². The maximum absolute atomic E-state index is 13.6. The highest BCUT2D eigenvalue weighted by atomic mass is 35.5. The zero-order valence-corrected chi connectivity index (χ0v) is 18.4. The van der Waals surface area contributed by atoms with Gasteiger partial charge in [0.05, 0.1) is 28.5 Å². The van der Waals surface area contributed by atoms with Crippen molar-refractivity contribution in [3.8, 4) is 0 Å². The van der Waals surface area contributed by atoms with E-state index in [9.17, 15) is 9.59 Å². The van der Waals surface area contributed by atoms with Crippen molar-refractivity contribution in [2.45, 2.75) is 39.9 Å². The largest absolute Gasteiger partial charge is 0.372 e. The van der Waals surface area contributed by atoms with Crippen LogP contribution in [-0.4, -0.2) is 42.0 Å². The number of benzene rings is 2. The summed E-state index contributed by atoms with van der Waals surface area (Å²) in [5.41, 5.74) is 4.19. The third-order valence-corrected chi connectivity index (χ3v) is 6.00. The van der Waals surface area contributed by atoms with E-state index in [1.807, 2.05) is 50.8 Å². The van der Waals surface area contributed by atoms with Gasteiger partial charge in [-0.15, -0.1) is 0 Å². The number of morpholine rings is 1. The van der Waals surface area contributed by atoms with Crippen LogP contribution in [0.1, 0.15) is 30.5 Å². The van der Waals surface area contributed by atoms with Crippen LogP contribution in [0, 0.1) is 13.8 Å². The van der Waals surface area contributed by atoms with Gasteiger partial charge in [-0.2, -0.15) is 0 Å². The van der Waals surface area contributed by atoms with E-state index < -0.39 is 0 Å². The predicted octanol–water partition coefficient (Wildman–Crippen LogP) is 4.35. The fourth-order valence-corrected chi connectivity index (χ4v) is 4.40. The Bertz CT molecular complexity index is 1050. The summed E-state index contributed by atoms with van der Waals surface area (Å²) >= 11 is 6.36. The number of imide groups is 1. The van der Waals surface area contributed by atoms with Crippen LogP contribution >= 0.6 is 11.6 Å². The van der Waals surface area contributed by atoms with Gasteiger partial charge in [-0.1, -0.05) is 41.9 Å². The Balaban J connectivity index is 1.88. The molecule has 0 saturated carbocycles. The third kappa shape index (κ3) is 3.53. The zero-order chi connectivity index (χ0) is 21.6. The number of nitrogens with zero attached hydrogens (tertiary/aromatic N) is 2. The van der Waals surface area contributed by atoms with Gasteiger partial charge in [-0.3, -0.25) is 9.59 Å². The molecule has 1 saturated heterocycles. The molecule has 2 aliphatic rings. The van der Waals surface area contributed by atoms with E-state index in [1.54, 1.807) is 24.3 Å². The monoisotopic (exact) mass is 424 g/mol. The summed E-state index contributed by atoms with van der Waals surface area (Å²) in [4.78, 5) is 30.4. The molecule has 2 atom stereocenters. The highest BCUT2D eigenvalue weighted by Crippen LogP contribution is 2.38. The molecule has 5 nitrogen and oxygen atoms in total. The Morgan fingerprint density at radius 3 is 2.23 bits per heavy atom. The summed E-state index contributed by atoms with van der Waals surface area (Å²) in [7, 11) is 0. The first-order valence-corrected chi connectivity index (χ1v) is 10.5. The minimum absolute atomic E-state index is 0.0421. The molecule has 0 aromatic heterocycles. The summed E-state index contributed by atoms with van der Waals surface area (Å²) < 4.78 is 5.85. The van der Waals surface area contributed by atoms with Crippen molar-refractivity contribution in [1.82, 2.24) is 4.90 Å². The number of hydrogen-bond donors (Lipinski definition) is 0. The smallest absolute Gasteiger partial charge is 0.282 e. The van der Waals surface area contributed by atoms with Crippen molar-refractivity contribution in [3.05, 3.63) is 69.9 Å². The fraction of sp³-hybridized carbons (Fsp3) is 0.333. The van der Waals surface area contributed by atoms with Gasteiger partial charge in [-0.05, 0) is 56.5 Å². The first-order chi connectivity index (χ1) is 14.3. The molecule has 0 radical (unpaired) electrons. The molecule has 0 bridgehead atoms. The van der Waals surface area contributed by atoms with E-state index in [2.05, 4.69) is 0 Å². The number of aryl methyl sites for hydroxylation is 2. The lowest BCUT2D eigenvalue weighted by atomic mass is 9.99. The Morgan fingerprint density at radius 1 is 0.933 bits per heavy atom. The Labute approximate surface area is 181 Å². The SMILES string of the molecule is Cc1ccc(C2=C(N3CC(C)OC(C)C3)C(=O)N(c3ccccc3Cl)C2=O)cc1C. The number of hydrogen-bond acceptors (Lipinski definition) is 4. The molecule has 4 rings (SSSR count). The lowest BCUT2D eigenvalue weighted by Gasteiger charge is -2.37. The average molecular weight is 425 g/mol. The van der Waals surface area contributed by atoms with Crippen LogP contribution in [0.4, 0.5) is 5.69 Å². The fourth-order valence-electron chi connectivity index (χ4n) is 4.18. The average Bonchev–Trinajstić information content (AvgIpc) is 2.94. The molecule has 156 valence electrons. The van der Waals surface area contributed by atoms with Crippen LogP contribution in [0.5, 0.6) is 0 Å². The van der Waals surface area contributed by atoms with Gasteiger partial charge in [0.15, 0.2) is 0 Å². The number of rotatable bonds is 3. The van der Waals surface area contributed by atoms with Crippen LogP contribution in [0.2, 0.25) is 5.02 Å². The van der Waals surface area contributed by atoms with Gasteiger partial charge in [0.1, 0.15) is 5.70 Å². The lowest BCUT2D eigenvalue weighted by molar-refractivity contribution is -0.121. The van der Waals surface area contributed by atoms with Gasteiger partial charge in [-0.25, -0.2) is 4.90 Å². The molecule has 30 heavy (non-hydrogen) atoms. The minimum Gasteiger partial charge on any atom is -0.372 e. The molecule has 2 aromatic rings. The first-order valence-electron chi connectivity index (χ1n) is 10.1. The first kappa shape index (κ1) is 20.6. The quantitative estimate of drug-likeness (QED) is 0.687. The molecular formula is C24H25ClN2O3. The minimum atomic E-state index is -0.349. The summed E-state index contributed by atoms with van der Waals surface area (Å²) in [5, 5.41) is 0.364. The lowest BCUT2D eigenvalue weighted by Crippen LogP contribution is -2.47. The summed E-state index contributed by atoms with van der Waals surface area (Å²) in [6.45, 7) is 9.08. The second-order valence-corrected chi connectivity index (χ2v) is 8.49. The standard InChI is InChI=1S/C24H25ClN2O3/c1-14-9-10-18(11-15(14)2)21-22(26-12-16(3)30-17(4)13-26)24(29)27(23(21)28)20-8-6-5-7-19(20)25/h5-11,16-17H,12-13H2,1-4H3. The third-order valence-electron chi connectivity index (χ3n) is 5.68. The number of carbonyl (C=O) groups excluding carboxylic acids is 2. The predicted molar refractivity (Wildman–Crippen MR) is 118 cm³/mol. The highest BCUT2D eigenvalue weighted by molar-refractivity contribution is 6.47. The number of anilines is 1. The zero-order valence-electron chi connectivity index (χ0n) is 17.6. The number of ether oxygens (including phenoxy) is 1. The number of halogens is 1. The van der Waals surface area contributed by atoms with Crippen molar-refractivity contribution in [2.24, 2.45) is 0 Å². The van der Waals surface area contributed by atoms with E-state index in [-0.39, 0.29) is 24.0 Å². The molecule has 2 aromatic carbocycles. The van der Waals surface area contributed by atoms with Crippen LogP contribution in [0.25, 0.3) is 5.57 Å². The van der Waals surface area contributed by atoms with E-state index in [0.717, 1.165) is 16.7 Å². The maximum atomic E-state index is 13.6. The van der Waals surface area contributed by atoms with Crippen molar-refractivity contribution < 1.29 is 14.3 Å². The number of carbonyl (C=O) groups is 2. The molecule has 2 amide bonds. The molecule has 2 unspecified atom stereocenters. The normalized spacial score (nSPS) is 22.3. The van der Waals surface area contributed by atoms with Crippen LogP contribution in [-0.2, 0) is 14.3 Å². The second kappa shape index (κ2) is 7.89. The number of amides is 2. The molecule has 0 N–H and O–H groups in total. The van der Waals surface area contributed by atoms with Crippen molar-refractivity contribution in [3.63, 3.8) is 0 Å². The molecule has 2 heterocycles. The summed E-state index contributed by atoms with van der Waals surface area (Å²) in [5.74, 6) is -0.694. The van der Waals surface area contributed by atoms with Crippen molar-refractivity contribution >= 4 is 34.7 Å². The van der Waals surface area contributed by atoms with Gasteiger partial charge in [0.2, 0.25) is 0 Å². The van der Waals surface area contributed by atoms with Crippen LogP contribution in [0.15, 0.2) is 48.2 Å². The van der Waals surface area contributed by atoms with E-state index in [1.165, 1.54) is 4.90 Å². The van der Waals surface area contributed by atoms with E-state index in [4.69, 9.17) is 16.3 Å². The van der Waals surface area contributed by atoms with Gasteiger partial charge in [0.25, 0.3) is 11.8 Å². The number of para-hydroxylation sites is 1. The molecule has 6 heteroatoms. The van der Waals surface area contributed by atoms with E-state index in [0.29, 0.717) is 35.1 Å². The summed E-state index contributed by atoms with van der Waals surface area (Å²) in [6, 6.07) is 12.8. The molecule has 1 fully saturated rings. The maximum Gasteiger partial charge on any atom is 0.282 e. The molecule has 0 aliphatic carbocycles. The second-order valence-electron chi connectivity index (χ2n) is 8.08. The van der Waals surface area contributed by atoms with Crippen LogP contribution in [0.3, 0.4) is 0 Å². The van der Waals surface area contributed by atoms with Crippen molar-refractivity contribution in [1.29, 1.82) is 0 Å². The van der Waals surface area contributed by atoms with Gasteiger partial charge < -0.3 is 9.64 Å². The summed E-state index contributed by atoms with van der Waals surface area (Å²) in [6.07, 6.45) is -0.0842. The van der Waals surface area contributed by atoms with Crippen LogP contribution < -0.4 is 4.90 Å². The molecule has 2 aliphatic heterocycles. The topological polar surface area (TPSA) is 49.9 Å². The van der Waals surface area contributed by atoms with Gasteiger partial charge >= 0.3 is 0 Å². The Morgan fingerprint density at radius 2 is 1.60 bits per heavy atom. The van der Waals surface area contributed by atoms with Crippen molar-refractivity contribution in [2.75, 3.05) is 18.0 Å².